The highest BCUT2D eigenvalue weighted by Gasteiger charge is 2.30. The predicted octanol–water partition coefficient (Wildman–Crippen LogP) is 0.208. The topological polar surface area (TPSA) is 86.9 Å². The molecule has 0 aromatic carbocycles. The highest BCUT2D eigenvalue weighted by molar-refractivity contribution is 5.96. The summed E-state index contributed by atoms with van der Waals surface area (Å²) in [6.07, 6.45) is 2.11. The van der Waals surface area contributed by atoms with Crippen molar-refractivity contribution in [3.63, 3.8) is 0 Å². The smallest absolute Gasteiger partial charge is 0.269 e. The molecule has 1 saturated carbocycles. The Morgan fingerprint density at radius 3 is 2.69 bits per heavy atom. The van der Waals surface area contributed by atoms with Crippen molar-refractivity contribution < 1.29 is 4.79 Å². The summed E-state index contributed by atoms with van der Waals surface area (Å²) in [5.74, 6) is -0.495. The minimum Gasteiger partial charge on any atom is -0.395 e. The maximum atomic E-state index is 11.1. The number of nitrogen functional groups attached to an aromatic ring is 1. The van der Waals surface area contributed by atoms with Gasteiger partial charge in [-0.25, -0.2) is 0 Å². The third kappa shape index (κ3) is 1.16. The number of primary amides is 1. The van der Waals surface area contributed by atoms with E-state index in [0.717, 1.165) is 12.8 Å². The molecule has 1 aromatic rings. The van der Waals surface area contributed by atoms with Gasteiger partial charge in [0.25, 0.3) is 5.91 Å². The van der Waals surface area contributed by atoms with Crippen molar-refractivity contribution in [3.8, 4) is 0 Å². The van der Waals surface area contributed by atoms with Crippen molar-refractivity contribution in [2.45, 2.75) is 25.8 Å². The maximum absolute atomic E-state index is 11.1. The van der Waals surface area contributed by atoms with Gasteiger partial charge in [0.1, 0.15) is 5.69 Å². The number of rotatable bonds is 2. The Morgan fingerprint density at radius 1 is 1.62 bits per heavy atom. The molecule has 0 saturated heterocycles. The van der Waals surface area contributed by atoms with Crippen molar-refractivity contribution >= 4 is 11.6 Å². The first kappa shape index (κ1) is 8.10. The Morgan fingerprint density at radius 2 is 2.23 bits per heavy atom. The Balaban J connectivity index is 2.54. The molecule has 0 aliphatic heterocycles. The molecule has 1 fully saturated rings. The molecule has 1 aliphatic rings. The van der Waals surface area contributed by atoms with E-state index in [1.807, 2.05) is 0 Å². The van der Waals surface area contributed by atoms with Crippen LogP contribution in [0.25, 0.3) is 0 Å². The van der Waals surface area contributed by atoms with E-state index < -0.39 is 5.91 Å². The van der Waals surface area contributed by atoms with Gasteiger partial charge in [0.15, 0.2) is 0 Å². The van der Waals surface area contributed by atoms with Gasteiger partial charge in [-0.3, -0.25) is 9.48 Å². The minimum absolute atomic E-state index is 0.332. The fourth-order valence-electron chi connectivity index (χ4n) is 1.39. The van der Waals surface area contributed by atoms with E-state index in [0.29, 0.717) is 23.1 Å². The monoisotopic (exact) mass is 180 g/mol. The van der Waals surface area contributed by atoms with Gasteiger partial charge in [0, 0.05) is 0 Å². The molecule has 2 rings (SSSR count). The molecular weight excluding hydrogens is 168 g/mol. The second kappa shape index (κ2) is 2.48. The molecule has 0 atom stereocenters. The maximum Gasteiger partial charge on any atom is 0.269 e. The Bertz CT molecular complexity index is 364. The number of hydrogen-bond acceptors (Lipinski definition) is 3. The molecule has 0 spiro atoms. The van der Waals surface area contributed by atoms with Gasteiger partial charge in [0.05, 0.1) is 17.4 Å². The van der Waals surface area contributed by atoms with Crippen molar-refractivity contribution in [2.24, 2.45) is 5.73 Å². The summed E-state index contributed by atoms with van der Waals surface area (Å²) in [6.45, 7) is 1.78. The van der Waals surface area contributed by atoms with Crippen LogP contribution >= 0.6 is 0 Å². The first-order valence-electron chi connectivity index (χ1n) is 4.25. The third-order valence-corrected chi connectivity index (χ3v) is 2.26. The highest BCUT2D eigenvalue weighted by atomic mass is 16.1. The first-order valence-corrected chi connectivity index (χ1v) is 4.25. The standard InChI is InChI=1S/C8H12N4O/c1-4-6(9)7(8(10)13)12(11-4)5-2-3-5/h5H,2-3,9H2,1H3,(H2,10,13). The van der Waals surface area contributed by atoms with Gasteiger partial charge < -0.3 is 11.5 Å². The third-order valence-electron chi connectivity index (χ3n) is 2.26. The van der Waals surface area contributed by atoms with Crippen molar-refractivity contribution in [2.75, 3.05) is 5.73 Å². The fraction of sp³-hybridized carbons (Fsp3) is 0.500. The van der Waals surface area contributed by atoms with Crippen LogP contribution in [-0.4, -0.2) is 15.7 Å². The van der Waals surface area contributed by atoms with Gasteiger partial charge in [0.2, 0.25) is 0 Å². The van der Waals surface area contributed by atoms with E-state index >= 15 is 0 Å². The predicted molar refractivity (Wildman–Crippen MR) is 48.2 cm³/mol. The summed E-state index contributed by atoms with van der Waals surface area (Å²) in [5, 5.41) is 4.18. The Hall–Kier alpha value is -1.52. The second-order valence-electron chi connectivity index (χ2n) is 3.39. The minimum atomic E-state index is -0.495. The molecule has 5 heteroatoms. The highest BCUT2D eigenvalue weighted by Crippen LogP contribution is 2.36. The molecule has 13 heavy (non-hydrogen) atoms. The van der Waals surface area contributed by atoms with Crippen LogP contribution < -0.4 is 11.5 Å². The van der Waals surface area contributed by atoms with Crippen molar-refractivity contribution in [1.29, 1.82) is 0 Å². The van der Waals surface area contributed by atoms with Crippen molar-refractivity contribution in [1.82, 2.24) is 9.78 Å². The van der Waals surface area contributed by atoms with E-state index in [1.54, 1.807) is 11.6 Å². The van der Waals surface area contributed by atoms with E-state index in [2.05, 4.69) is 5.10 Å². The molecule has 1 aromatic heterocycles. The van der Waals surface area contributed by atoms with E-state index in [1.165, 1.54) is 0 Å². The summed E-state index contributed by atoms with van der Waals surface area (Å²) in [5.41, 5.74) is 12.4. The van der Waals surface area contributed by atoms with E-state index in [9.17, 15) is 4.79 Å². The molecule has 0 radical (unpaired) electrons. The number of aromatic nitrogens is 2. The Kier molecular flexibility index (Phi) is 1.55. The summed E-state index contributed by atoms with van der Waals surface area (Å²) in [4.78, 5) is 11.1. The molecule has 1 amide bonds. The first-order chi connectivity index (χ1) is 6.11. The quantitative estimate of drug-likeness (QED) is 0.681. The largest absolute Gasteiger partial charge is 0.395 e. The van der Waals surface area contributed by atoms with Crippen LogP contribution in [0.4, 0.5) is 5.69 Å². The normalized spacial score (nSPS) is 16.1. The van der Waals surface area contributed by atoms with Crippen LogP contribution in [0.15, 0.2) is 0 Å². The van der Waals surface area contributed by atoms with Gasteiger partial charge in [-0.2, -0.15) is 5.10 Å². The second-order valence-corrected chi connectivity index (χ2v) is 3.39. The lowest BCUT2D eigenvalue weighted by atomic mass is 10.3. The van der Waals surface area contributed by atoms with Gasteiger partial charge in [-0.05, 0) is 19.8 Å². The summed E-state index contributed by atoms with van der Waals surface area (Å²) in [6, 6.07) is 0.332. The summed E-state index contributed by atoms with van der Waals surface area (Å²) >= 11 is 0. The van der Waals surface area contributed by atoms with Gasteiger partial charge in [-0.1, -0.05) is 0 Å². The van der Waals surface area contributed by atoms with Crippen molar-refractivity contribution in [3.05, 3.63) is 11.4 Å². The van der Waals surface area contributed by atoms with E-state index in [-0.39, 0.29) is 0 Å². The molecule has 0 bridgehead atoms. The molecule has 5 nitrogen and oxygen atoms in total. The lowest BCUT2D eigenvalue weighted by Crippen LogP contribution is -2.18. The number of nitrogens with zero attached hydrogens (tertiary/aromatic N) is 2. The zero-order chi connectivity index (χ0) is 9.59. The lowest BCUT2D eigenvalue weighted by molar-refractivity contribution is 0.0990. The van der Waals surface area contributed by atoms with Crippen LogP contribution in [0.2, 0.25) is 0 Å². The zero-order valence-corrected chi connectivity index (χ0v) is 7.45. The Labute approximate surface area is 75.7 Å². The molecule has 1 aliphatic carbocycles. The number of nitrogens with two attached hydrogens (primary N) is 2. The number of aryl methyl sites for hydroxylation is 1. The van der Waals surface area contributed by atoms with E-state index in [4.69, 9.17) is 11.5 Å². The number of carbonyl (C=O) groups excluding carboxylic acids is 1. The molecule has 1 heterocycles. The number of amides is 1. The lowest BCUT2D eigenvalue weighted by Gasteiger charge is -2.01. The van der Waals surface area contributed by atoms with Crippen LogP contribution in [0.3, 0.4) is 0 Å². The zero-order valence-electron chi connectivity index (χ0n) is 7.45. The average molecular weight is 180 g/mol. The molecule has 70 valence electrons. The number of anilines is 1. The summed E-state index contributed by atoms with van der Waals surface area (Å²) < 4.78 is 1.66. The summed E-state index contributed by atoms with van der Waals surface area (Å²) in [7, 11) is 0. The SMILES string of the molecule is Cc1nn(C2CC2)c(C(N)=O)c1N. The number of carbonyl (C=O) groups is 1. The van der Waals surface area contributed by atoms with Gasteiger partial charge in [-0.15, -0.1) is 0 Å². The van der Waals surface area contributed by atoms with Crippen LogP contribution in [-0.2, 0) is 0 Å². The fourth-order valence-corrected chi connectivity index (χ4v) is 1.39. The van der Waals surface area contributed by atoms with Gasteiger partial charge >= 0.3 is 0 Å². The molecule has 4 N–H and O–H groups in total. The van der Waals surface area contributed by atoms with Crippen LogP contribution in [0, 0.1) is 6.92 Å². The number of hydrogen-bond donors (Lipinski definition) is 2. The van der Waals surface area contributed by atoms with Crippen LogP contribution in [0.1, 0.15) is 35.1 Å². The molecular formula is C8H12N4O. The molecule has 0 unspecified atom stereocenters. The average Bonchev–Trinajstić information content (AvgIpc) is 2.80. The van der Waals surface area contributed by atoms with Crippen LogP contribution in [0.5, 0.6) is 0 Å².